The fourth-order valence-corrected chi connectivity index (χ4v) is 7.53. The molecule has 0 spiro atoms. The molecule has 7 heteroatoms. The zero-order valence-corrected chi connectivity index (χ0v) is 21.6. The molecule has 7 nitrogen and oxygen atoms in total. The summed E-state index contributed by atoms with van der Waals surface area (Å²) in [7, 11) is 0. The van der Waals surface area contributed by atoms with Gasteiger partial charge in [-0.3, -0.25) is 14.0 Å². The predicted octanol–water partition coefficient (Wildman–Crippen LogP) is 4.08. The van der Waals surface area contributed by atoms with Crippen molar-refractivity contribution < 1.29 is 9.59 Å². The molecule has 0 saturated heterocycles. The second-order valence-corrected chi connectivity index (χ2v) is 11.3. The smallest absolute Gasteiger partial charge is 0.274 e. The third-order valence-electron chi connectivity index (χ3n) is 8.98. The van der Waals surface area contributed by atoms with Gasteiger partial charge >= 0.3 is 0 Å². The number of nitrogens with one attached hydrogen (secondary N) is 1. The molecule has 4 bridgehead atoms. The molecule has 0 aliphatic heterocycles. The van der Waals surface area contributed by atoms with Crippen LogP contribution in [0.2, 0.25) is 0 Å². The molecule has 1 N–H and O–H groups in total. The fourth-order valence-electron chi connectivity index (χ4n) is 7.53. The number of carbonyl (C=O) groups is 2. The summed E-state index contributed by atoms with van der Waals surface area (Å²) in [5.41, 5.74) is 1.87. The highest BCUT2D eigenvalue weighted by Gasteiger charge is 2.50. The lowest BCUT2D eigenvalue weighted by molar-refractivity contribution is -0.0503. The van der Waals surface area contributed by atoms with E-state index in [2.05, 4.69) is 29.0 Å². The molecule has 4 fully saturated rings. The molecule has 4 aliphatic rings. The minimum atomic E-state index is -0.0803. The van der Waals surface area contributed by atoms with Gasteiger partial charge in [0.1, 0.15) is 17.0 Å². The van der Waals surface area contributed by atoms with E-state index in [1.54, 1.807) is 10.6 Å². The Labute approximate surface area is 209 Å². The highest BCUT2D eigenvalue weighted by atomic mass is 16.2. The van der Waals surface area contributed by atoms with Crippen LogP contribution < -0.4 is 5.32 Å². The molecule has 4 saturated carbocycles. The number of likely N-dealkylation sites (N-methyl/N-ethyl adjacent to an activating group) is 2. The Balaban J connectivity index is 1.28. The maximum Gasteiger partial charge on any atom is 0.274 e. The first-order valence-electron chi connectivity index (χ1n) is 13.7. The van der Waals surface area contributed by atoms with E-state index in [1.807, 2.05) is 30.0 Å². The van der Waals surface area contributed by atoms with Crippen molar-refractivity contribution in [2.75, 3.05) is 39.3 Å². The SMILES string of the molecule is CCN(CC)CCN(CC)C(=O)c1cn2c(C(=O)NCC34CC5CC(CC(C5)C3)C4)cccc2n1. The summed E-state index contributed by atoms with van der Waals surface area (Å²) in [5.74, 6) is 2.45. The Morgan fingerprint density at radius 3 is 2.26 bits per heavy atom. The van der Waals surface area contributed by atoms with Gasteiger partial charge in [-0.05, 0) is 93.8 Å². The predicted molar refractivity (Wildman–Crippen MR) is 137 cm³/mol. The Hall–Kier alpha value is -2.41. The van der Waals surface area contributed by atoms with Crippen molar-refractivity contribution >= 4 is 17.5 Å². The number of rotatable bonds is 10. The number of fused-ring (bicyclic) bond motifs is 1. The van der Waals surface area contributed by atoms with Crippen molar-refractivity contribution in [3.8, 4) is 0 Å². The summed E-state index contributed by atoms with van der Waals surface area (Å²) in [6.45, 7) is 11.1. The molecule has 2 amide bonds. The van der Waals surface area contributed by atoms with Crippen molar-refractivity contribution in [2.24, 2.45) is 23.2 Å². The van der Waals surface area contributed by atoms with Crippen molar-refractivity contribution in [1.82, 2.24) is 24.5 Å². The molecule has 6 rings (SSSR count). The van der Waals surface area contributed by atoms with E-state index < -0.39 is 0 Å². The van der Waals surface area contributed by atoms with Crippen LogP contribution in [0.3, 0.4) is 0 Å². The fraction of sp³-hybridized carbons (Fsp3) is 0.679. The van der Waals surface area contributed by atoms with E-state index >= 15 is 0 Å². The number of hydrogen-bond donors (Lipinski definition) is 1. The molecule has 2 aromatic heterocycles. The van der Waals surface area contributed by atoms with Gasteiger partial charge in [-0.2, -0.15) is 0 Å². The Kier molecular flexibility index (Phi) is 6.88. The molecule has 0 radical (unpaired) electrons. The molecule has 0 atom stereocenters. The first-order valence-corrected chi connectivity index (χ1v) is 13.7. The summed E-state index contributed by atoms with van der Waals surface area (Å²) >= 11 is 0. The van der Waals surface area contributed by atoms with Crippen LogP contribution in [0.5, 0.6) is 0 Å². The average Bonchev–Trinajstić information content (AvgIpc) is 3.29. The first kappa shape index (κ1) is 24.3. The largest absolute Gasteiger partial charge is 0.350 e. The summed E-state index contributed by atoms with van der Waals surface area (Å²) in [5, 5.41) is 3.28. The maximum absolute atomic E-state index is 13.3. The highest BCUT2D eigenvalue weighted by Crippen LogP contribution is 2.59. The normalized spacial score (nSPS) is 27.0. The van der Waals surface area contributed by atoms with Gasteiger partial charge in [0.25, 0.3) is 11.8 Å². The Morgan fingerprint density at radius 2 is 1.66 bits per heavy atom. The topological polar surface area (TPSA) is 70.0 Å². The van der Waals surface area contributed by atoms with Gasteiger partial charge in [-0.25, -0.2) is 4.98 Å². The van der Waals surface area contributed by atoms with Crippen LogP contribution in [-0.2, 0) is 0 Å². The number of aromatic nitrogens is 2. The summed E-state index contributed by atoms with van der Waals surface area (Å²) in [4.78, 5) is 35.3. The number of carbonyl (C=O) groups excluding carboxylic acids is 2. The molecule has 2 aromatic rings. The van der Waals surface area contributed by atoms with Crippen molar-refractivity contribution in [2.45, 2.75) is 59.3 Å². The Morgan fingerprint density at radius 1 is 1.00 bits per heavy atom. The quantitative estimate of drug-likeness (QED) is 0.557. The molecule has 4 aliphatic carbocycles. The van der Waals surface area contributed by atoms with Crippen LogP contribution in [0.4, 0.5) is 0 Å². The van der Waals surface area contributed by atoms with E-state index in [4.69, 9.17) is 0 Å². The minimum absolute atomic E-state index is 0.0726. The first-order chi connectivity index (χ1) is 16.9. The third kappa shape index (κ3) is 4.84. The second kappa shape index (κ2) is 9.92. The van der Waals surface area contributed by atoms with Gasteiger partial charge in [0.15, 0.2) is 0 Å². The zero-order chi connectivity index (χ0) is 24.6. The van der Waals surface area contributed by atoms with Gasteiger partial charge in [0.2, 0.25) is 0 Å². The molecule has 35 heavy (non-hydrogen) atoms. The zero-order valence-electron chi connectivity index (χ0n) is 21.6. The van der Waals surface area contributed by atoms with Gasteiger partial charge in [0.05, 0.1) is 0 Å². The van der Waals surface area contributed by atoms with Crippen LogP contribution in [0.1, 0.15) is 80.3 Å². The number of pyridine rings is 1. The number of nitrogens with zero attached hydrogens (tertiary/aromatic N) is 4. The van der Waals surface area contributed by atoms with Gasteiger partial charge < -0.3 is 15.1 Å². The van der Waals surface area contributed by atoms with Crippen molar-refractivity contribution in [3.05, 3.63) is 35.8 Å². The highest BCUT2D eigenvalue weighted by molar-refractivity contribution is 5.95. The van der Waals surface area contributed by atoms with E-state index in [-0.39, 0.29) is 11.8 Å². The number of hydrogen-bond acceptors (Lipinski definition) is 4. The summed E-state index contributed by atoms with van der Waals surface area (Å²) < 4.78 is 1.78. The lowest BCUT2D eigenvalue weighted by Gasteiger charge is -2.56. The van der Waals surface area contributed by atoms with Gasteiger partial charge in [-0.1, -0.05) is 19.9 Å². The third-order valence-corrected chi connectivity index (χ3v) is 8.98. The monoisotopic (exact) mass is 479 g/mol. The molecular weight excluding hydrogens is 438 g/mol. The van der Waals surface area contributed by atoms with Gasteiger partial charge in [0, 0.05) is 32.4 Å². The lowest BCUT2D eigenvalue weighted by atomic mass is 9.49. The van der Waals surface area contributed by atoms with E-state index in [1.165, 1.54) is 38.5 Å². The van der Waals surface area contributed by atoms with Crippen molar-refractivity contribution in [3.63, 3.8) is 0 Å². The van der Waals surface area contributed by atoms with Crippen LogP contribution in [0.25, 0.3) is 5.65 Å². The average molecular weight is 480 g/mol. The molecular formula is C28H41N5O2. The van der Waals surface area contributed by atoms with Crippen LogP contribution in [-0.4, -0.2) is 70.3 Å². The van der Waals surface area contributed by atoms with E-state index in [9.17, 15) is 9.59 Å². The minimum Gasteiger partial charge on any atom is -0.350 e. The summed E-state index contributed by atoms with van der Waals surface area (Å²) in [6, 6.07) is 5.54. The number of imidazole rings is 1. The molecule has 0 unspecified atom stereocenters. The second-order valence-electron chi connectivity index (χ2n) is 11.3. The molecule has 2 heterocycles. The van der Waals surface area contributed by atoms with Crippen LogP contribution >= 0.6 is 0 Å². The Bertz CT molecular complexity index is 1040. The number of amides is 2. The van der Waals surface area contributed by atoms with Crippen LogP contribution in [0, 0.1) is 23.2 Å². The molecule has 190 valence electrons. The summed E-state index contributed by atoms with van der Waals surface area (Å²) in [6.07, 6.45) is 9.76. The maximum atomic E-state index is 13.3. The van der Waals surface area contributed by atoms with Crippen LogP contribution in [0.15, 0.2) is 24.4 Å². The van der Waals surface area contributed by atoms with E-state index in [0.29, 0.717) is 35.5 Å². The standard InChI is InChI=1S/C28H41N5O2/c1-4-31(5-2)10-11-32(6-3)27(35)23-18-33-24(8-7-9-25(33)30-23)26(34)29-19-28-15-20-12-21(16-28)14-22(13-20)17-28/h7-9,18,20-22H,4-6,10-17,19H2,1-3H3,(H,29,34). The van der Waals surface area contributed by atoms with E-state index in [0.717, 1.165) is 43.9 Å². The van der Waals surface area contributed by atoms with Gasteiger partial charge in [-0.15, -0.1) is 0 Å². The van der Waals surface area contributed by atoms with Crippen molar-refractivity contribution in [1.29, 1.82) is 0 Å². The lowest BCUT2D eigenvalue weighted by Crippen LogP contribution is -2.51. The molecule has 0 aromatic carbocycles.